The molecule has 2 aromatic rings. The van der Waals surface area contributed by atoms with E-state index in [0.29, 0.717) is 28.4 Å². The maximum atomic E-state index is 13.6. The zero-order chi connectivity index (χ0) is 13.6. The first-order valence-electron chi connectivity index (χ1n) is 5.87. The van der Waals surface area contributed by atoms with Gasteiger partial charge in [0.25, 0.3) is 10.0 Å². The van der Waals surface area contributed by atoms with Crippen molar-refractivity contribution in [2.24, 2.45) is 0 Å². The molecule has 0 aliphatic carbocycles. The van der Waals surface area contributed by atoms with Crippen molar-refractivity contribution >= 4 is 27.0 Å². The van der Waals surface area contributed by atoms with E-state index in [4.69, 9.17) is 0 Å². The minimum absolute atomic E-state index is 0.301. The van der Waals surface area contributed by atoms with Crippen molar-refractivity contribution in [3.8, 4) is 0 Å². The number of benzene rings is 1. The molecular weight excluding hydrogens is 285 g/mol. The van der Waals surface area contributed by atoms with Gasteiger partial charge in [-0.05, 0) is 37.6 Å². The van der Waals surface area contributed by atoms with Gasteiger partial charge in [-0.3, -0.25) is 4.31 Å². The van der Waals surface area contributed by atoms with Gasteiger partial charge in [-0.1, -0.05) is 6.07 Å². The molecule has 0 atom stereocenters. The average Bonchev–Trinajstić information content (AvgIpc) is 2.96. The number of anilines is 1. The highest BCUT2D eigenvalue weighted by molar-refractivity contribution is 7.94. The summed E-state index contributed by atoms with van der Waals surface area (Å²) in [5, 5.41) is 0. The molecule has 0 amide bonds. The lowest BCUT2D eigenvalue weighted by Gasteiger charge is -2.18. The van der Waals surface area contributed by atoms with Crippen LogP contribution in [0.15, 0.2) is 34.5 Å². The Morgan fingerprint density at radius 1 is 1.26 bits per heavy atom. The van der Waals surface area contributed by atoms with Gasteiger partial charge in [0.15, 0.2) is 0 Å². The van der Waals surface area contributed by atoms with Gasteiger partial charge in [-0.25, -0.2) is 12.8 Å². The van der Waals surface area contributed by atoms with Crippen LogP contribution in [0.2, 0.25) is 0 Å². The molecule has 0 N–H and O–H groups in total. The van der Waals surface area contributed by atoms with Crippen LogP contribution in [0.25, 0.3) is 0 Å². The van der Waals surface area contributed by atoms with Gasteiger partial charge in [0.1, 0.15) is 10.0 Å². The molecule has 0 bridgehead atoms. The predicted octanol–water partition coefficient (Wildman–Crippen LogP) is 2.95. The van der Waals surface area contributed by atoms with Crippen LogP contribution < -0.4 is 4.31 Å². The lowest BCUT2D eigenvalue weighted by atomic mass is 10.1. The summed E-state index contributed by atoms with van der Waals surface area (Å²) in [5.41, 5.74) is 0.949. The number of thiophene rings is 1. The molecule has 3 nitrogen and oxygen atoms in total. The lowest BCUT2D eigenvalue weighted by molar-refractivity contribution is 0.594. The van der Waals surface area contributed by atoms with E-state index >= 15 is 0 Å². The van der Waals surface area contributed by atoms with Crippen molar-refractivity contribution in [3.05, 3.63) is 46.6 Å². The largest absolute Gasteiger partial charge is 0.273 e. The Morgan fingerprint density at radius 2 is 2.05 bits per heavy atom. The van der Waals surface area contributed by atoms with Gasteiger partial charge in [0.2, 0.25) is 0 Å². The van der Waals surface area contributed by atoms with Crippen molar-refractivity contribution in [1.29, 1.82) is 0 Å². The normalized spacial score (nSPS) is 14.7. The molecule has 0 unspecified atom stereocenters. The monoisotopic (exact) mass is 297 g/mol. The second-order valence-corrected chi connectivity index (χ2v) is 7.81. The van der Waals surface area contributed by atoms with Gasteiger partial charge < -0.3 is 0 Å². The van der Waals surface area contributed by atoms with Crippen molar-refractivity contribution in [1.82, 2.24) is 0 Å². The first-order valence-corrected chi connectivity index (χ1v) is 8.12. The maximum absolute atomic E-state index is 13.6. The fourth-order valence-electron chi connectivity index (χ4n) is 2.27. The standard InChI is InChI=1S/C13H12FNO2S2/c1-9-5-6-13(18-9)19(16,17)15-8-7-10-11(14)3-2-4-12(10)15/h2-6H,7-8H2,1H3. The smallest absolute Gasteiger partial charge is 0.265 e. The number of aryl methyl sites for hydroxylation is 1. The Kier molecular flexibility index (Phi) is 2.87. The van der Waals surface area contributed by atoms with Crippen molar-refractivity contribution in [3.63, 3.8) is 0 Å². The summed E-state index contributed by atoms with van der Waals surface area (Å²) in [5.74, 6) is -0.336. The molecule has 1 aromatic heterocycles. The van der Waals surface area contributed by atoms with Gasteiger partial charge in [0, 0.05) is 17.0 Å². The van der Waals surface area contributed by atoms with Crippen molar-refractivity contribution in [2.45, 2.75) is 17.6 Å². The Bertz CT molecular complexity index is 737. The quantitative estimate of drug-likeness (QED) is 0.854. The average molecular weight is 297 g/mol. The van der Waals surface area contributed by atoms with E-state index in [1.807, 2.05) is 6.92 Å². The van der Waals surface area contributed by atoms with Crippen LogP contribution >= 0.6 is 11.3 Å². The first kappa shape index (κ1) is 12.6. The third-order valence-corrected chi connectivity index (χ3v) is 6.47. The van der Waals surface area contributed by atoms with E-state index in [1.54, 1.807) is 24.3 Å². The molecule has 0 spiro atoms. The second-order valence-electron chi connectivity index (χ2n) is 4.43. The summed E-state index contributed by atoms with van der Waals surface area (Å²) in [6.07, 6.45) is 0.422. The van der Waals surface area contributed by atoms with E-state index in [1.165, 1.54) is 21.7 Å². The van der Waals surface area contributed by atoms with E-state index in [-0.39, 0.29) is 5.82 Å². The fourth-order valence-corrected chi connectivity index (χ4v) is 5.17. The van der Waals surface area contributed by atoms with Crippen LogP contribution in [0.5, 0.6) is 0 Å². The molecule has 19 heavy (non-hydrogen) atoms. The van der Waals surface area contributed by atoms with E-state index in [2.05, 4.69) is 0 Å². The summed E-state index contributed by atoms with van der Waals surface area (Å²) in [6, 6.07) is 7.95. The van der Waals surface area contributed by atoms with Crippen LogP contribution in [0, 0.1) is 12.7 Å². The molecule has 0 saturated heterocycles. The number of hydrogen-bond acceptors (Lipinski definition) is 3. The maximum Gasteiger partial charge on any atom is 0.273 e. The fraction of sp³-hybridized carbons (Fsp3) is 0.231. The van der Waals surface area contributed by atoms with E-state index in [9.17, 15) is 12.8 Å². The van der Waals surface area contributed by atoms with Gasteiger partial charge in [-0.2, -0.15) is 0 Å². The third kappa shape index (κ3) is 1.95. The molecule has 2 heterocycles. The third-order valence-electron chi connectivity index (χ3n) is 3.19. The highest BCUT2D eigenvalue weighted by Crippen LogP contribution is 2.35. The number of nitrogens with zero attached hydrogens (tertiary/aromatic N) is 1. The molecule has 3 rings (SSSR count). The Hall–Kier alpha value is -1.40. The minimum atomic E-state index is -3.56. The van der Waals surface area contributed by atoms with E-state index < -0.39 is 10.0 Å². The summed E-state index contributed by atoms with van der Waals surface area (Å²) in [6.45, 7) is 2.16. The van der Waals surface area contributed by atoms with Crippen LogP contribution in [0.1, 0.15) is 10.4 Å². The molecule has 1 aliphatic heterocycles. The highest BCUT2D eigenvalue weighted by atomic mass is 32.2. The molecule has 1 aliphatic rings. The van der Waals surface area contributed by atoms with Crippen LogP contribution in [-0.4, -0.2) is 15.0 Å². The lowest BCUT2D eigenvalue weighted by Crippen LogP contribution is -2.28. The Balaban J connectivity index is 2.09. The Labute approximate surface area is 115 Å². The van der Waals surface area contributed by atoms with Gasteiger partial charge in [-0.15, -0.1) is 11.3 Å². The Morgan fingerprint density at radius 3 is 2.74 bits per heavy atom. The van der Waals surface area contributed by atoms with E-state index in [0.717, 1.165) is 4.88 Å². The topological polar surface area (TPSA) is 37.4 Å². The second kappa shape index (κ2) is 4.31. The summed E-state index contributed by atoms with van der Waals surface area (Å²) < 4.78 is 40.3. The number of halogens is 1. The van der Waals surface area contributed by atoms with Gasteiger partial charge >= 0.3 is 0 Å². The zero-order valence-corrected chi connectivity index (χ0v) is 11.9. The minimum Gasteiger partial charge on any atom is -0.265 e. The SMILES string of the molecule is Cc1ccc(S(=O)(=O)N2CCc3c(F)cccc32)s1. The molecule has 0 fully saturated rings. The summed E-state index contributed by atoms with van der Waals surface area (Å²) >= 11 is 1.24. The van der Waals surface area contributed by atoms with Crippen LogP contribution in [-0.2, 0) is 16.4 Å². The van der Waals surface area contributed by atoms with Gasteiger partial charge in [0.05, 0.1) is 5.69 Å². The zero-order valence-electron chi connectivity index (χ0n) is 10.3. The molecule has 1 aromatic carbocycles. The number of hydrogen-bond donors (Lipinski definition) is 0. The van der Waals surface area contributed by atoms with Crippen LogP contribution in [0.4, 0.5) is 10.1 Å². The molecule has 0 saturated carbocycles. The molecular formula is C13H12FNO2S2. The molecule has 6 heteroatoms. The predicted molar refractivity (Wildman–Crippen MR) is 73.7 cm³/mol. The summed E-state index contributed by atoms with van der Waals surface area (Å²) in [7, 11) is -3.56. The number of fused-ring (bicyclic) bond motifs is 1. The van der Waals surface area contributed by atoms with Crippen LogP contribution in [0.3, 0.4) is 0 Å². The van der Waals surface area contributed by atoms with Crippen molar-refractivity contribution in [2.75, 3.05) is 10.8 Å². The number of rotatable bonds is 2. The summed E-state index contributed by atoms with van der Waals surface area (Å²) in [4.78, 5) is 0.942. The van der Waals surface area contributed by atoms with Crippen molar-refractivity contribution < 1.29 is 12.8 Å². The number of sulfonamides is 1. The molecule has 0 radical (unpaired) electrons. The highest BCUT2D eigenvalue weighted by Gasteiger charge is 2.32. The first-order chi connectivity index (χ1) is 9.00. The molecule has 100 valence electrons.